The summed E-state index contributed by atoms with van der Waals surface area (Å²) >= 11 is 0. The zero-order chi connectivity index (χ0) is 15.1. The van der Waals surface area contributed by atoms with Gasteiger partial charge in [0.1, 0.15) is 5.54 Å². The number of carboxylic acids is 1. The van der Waals surface area contributed by atoms with Crippen molar-refractivity contribution >= 4 is 23.3 Å². The number of carboxylic acid groups (broad SMARTS) is 1. The van der Waals surface area contributed by atoms with Crippen molar-refractivity contribution in [1.29, 1.82) is 0 Å². The summed E-state index contributed by atoms with van der Waals surface area (Å²) in [7, 11) is -4.01. The molecule has 19 heavy (non-hydrogen) atoms. The molecule has 0 spiro atoms. The third-order valence-corrected chi connectivity index (χ3v) is 3.67. The summed E-state index contributed by atoms with van der Waals surface area (Å²) in [5, 5.41) is 26.3. The van der Waals surface area contributed by atoms with Crippen molar-refractivity contribution in [1.82, 2.24) is 9.44 Å². The summed E-state index contributed by atoms with van der Waals surface area (Å²) in [6, 6.07) is 0. The lowest BCUT2D eigenvalue weighted by molar-refractivity contribution is -0.143. The summed E-state index contributed by atoms with van der Waals surface area (Å²) in [6.07, 6.45) is 0.837. The van der Waals surface area contributed by atoms with Gasteiger partial charge in [-0.2, -0.15) is 13.1 Å². The molecule has 0 aromatic carbocycles. The summed E-state index contributed by atoms with van der Waals surface area (Å²) in [5.74, 6) is -1.32. The van der Waals surface area contributed by atoms with E-state index in [9.17, 15) is 13.2 Å². The lowest BCUT2D eigenvalue weighted by Crippen LogP contribution is -2.57. The smallest absolute Gasteiger partial charge is 0.451 e. The van der Waals surface area contributed by atoms with Crippen LogP contribution in [0.2, 0.25) is 6.32 Å². The van der Waals surface area contributed by atoms with E-state index >= 15 is 0 Å². The van der Waals surface area contributed by atoms with E-state index in [-0.39, 0.29) is 12.7 Å². The monoisotopic (exact) mass is 297 g/mol. The van der Waals surface area contributed by atoms with E-state index < -0.39 is 35.4 Å². The lowest BCUT2D eigenvalue weighted by atomic mass is 9.82. The quantitative estimate of drug-likeness (QED) is 0.191. The SMILES string of the molecule is CNS(=O)(=O)NCC(N)(CCCCB(O)O)C(=O)O. The standard InChI is InChI=1S/C8H20BN3O6S/c1-11-19(17,18)12-6-8(10,7(13)14)4-2-3-5-9(15)16/h11-12,15-16H,2-6,10H2,1H3,(H,13,14). The fraction of sp³-hybridized carbons (Fsp3) is 0.875. The molecule has 0 heterocycles. The minimum absolute atomic E-state index is 0.0152. The van der Waals surface area contributed by atoms with E-state index in [1.54, 1.807) is 0 Å². The molecule has 0 radical (unpaired) electrons. The van der Waals surface area contributed by atoms with Gasteiger partial charge in [-0.3, -0.25) is 4.79 Å². The number of nitrogens with one attached hydrogen (secondary N) is 2. The topological polar surface area (TPSA) is 162 Å². The van der Waals surface area contributed by atoms with Crippen molar-refractivity contribution < 1.29 is 28.4 Å². The van der Waals surface area contributed by atoms with Gasteiger partial charge in [-0.15, -0.1) is 0 Å². The average molecular weight is 297 g/mol. The van der Waals surface area contributed by atoms with Crippen molar-refractivity contribution in [3.8, 4) is 0 Å². The molecule has 0 aromatic rings. The number of nitrogens with two attached hydrogens (primary N) is 1. The minimum atomic E-state index is -3.75. The van der Waals surface area contributed by atoms with E-state index in [4.69, 9.17) is 20.9 Å². The van der Waals surface area contributed by atoms with Crippen LogP contribution in [0.5, 0.6) is 0 Å². The second-order valence-electron chi connectivity index (χ2n) is 4.22. The molecule has 0 aliphatic rings. The average Bonchev–Trinajstić information content (AvgIpc) is 2.32. The van der Waals surface area contributed by atoms with Crippen molar-refractivity contribution in [3.05, 3.63) is 0 Å². The van der Waals surface area contributed by atoms with Crippen LogP contribution in [-0.4, -0.2) is 55.8 Å². The van der Waals surface area contributed by atoms with Gasteiger partial charge in [0.2, 0.25) is 0 Å². The molecule has 112 valence electrons. The van der Waals surface area contributed by atoms with Crippen LogP contribution in [0.25, 0.3) is 0 Å². The van der Waals surface area contributed by atoms with Gasteiger partial charge in [-0.25, -0.2) is 4.72 Å². The normalized spacial score (nSPS) is 14.9. The Kier molecular flexibility index (Phi) is 7.48. The molecular formula is C8H20BN3O6S. The summed E-state index contributed by atoms with van der Waals surface area (Å²) in [6.45, 7) is -0.451. The van der Waals surface area contributed by atoms with Gasteiger partial charge in [0.05, 0.1) is 0 Å². The Balaban J connectivity index is 4.39. The Hall–Kier alpha value is -0.715. The number of carbonyl (C=O) groups is 1. The molecule has 1 atom stereocenters. The van der Waals surface area contributed by atoms with Crippen LogP contribution in [0.3, 0.4) is 0 Å². The first kappa shape index (κ1) is 18.3. The molecule has 0 fully saturated rings. The number of hydrogen-bond acceptors (Lipinski definition) is 6. The van der Waals surface area contributed by atoms with Gasteiger partial charge in [0.15, 0.2) is 0 Å². The second kappa shape index (κ2) is 7.77. The third kappa shape index (κ3) is 7.45. The van der Waals surface area contributed by atoms with Crippen LogP contribution in [0.15, 0.2) is 0 Å². The van der Waals surface area contributed by atoms with Gasteiger partial charge < -0.3 is 20.9 Å². The Morgan fingerprint density at radius 3 is 2.37 bits per heavy atom. The molecule has 9 nitrogen and oxygen atoms in total. The molecule has 7 N–H and O–H groups in total. The van der Waals surface area contributed by atoms with Crippen molar-refractivity contribution in [2.75, 3.05) is 13.6 Å². The van der Waals surface area contributed by atoms with Gasteiger partial charge in [0.25, 0.3) is 10.2 Å². The number of hydrogen-bond donors (Lipinski definition) is 6. The maximum absolute atomic E-state index is 11.2. The third-order valence-electron chi connectivity index (χ3n) is 2.61. The molecule has 0 aliphatic heterocycles. The Labute approximate surface area is 112 Å². The fourth-order valence-corrected chi connectivity index (χ4v) is 1.93. The highest BCUT2D eigenvalue weighted by Gasteiger charge is 2.34. The van der Waals surface area contributed by atoms with Crippen LogP contribution >= 0.6 is 0 Å². The first-order valence-corrected chi connectivity index (χ1v) is 7.18. The molecular weight excluding hydrogens is 277 g/mol. The maximum atomic E-state index is 11.2. The molecule has 1 unspecified atom stereocenters. The van der Waals surface area contributed by atoms with Gasteiger partial charge in [0, 0.05) is 13.6 Å². The van der Waals surface area contributed by atoms with Crippen LogP contribution in [0.1, 0.15) is 19.3 Å². The largest absolute Gasteiger partial charge is 0.480 e. The van der Waals surface area contributed by atoms with Crippen molar-refractivity contribution in [2.24, 2.45) is 5.73 Å². The van der Waals surface area contributed by atoms with Crippen LogP contribution in [0, 0.1) is 0 Å². The number of unbranched alkanes of at least 4 members (excludes halogenated alkanes) is 1. The summed E-state index contributed by atoms with van der Waals surface area (Å²) in [4.78, 5) is 11.1. The highest BCUT2D eigenvalue weighted by molar-refractivity contribution is 7.87. The lowest BCUT2D eigenvalue weighted by Gasteiger charge is -2.24. The molecule has 0 saturated carbocycles. The Morgan fingerprint density at radius 2 is 1.95 bits per heavy atom. The van der Waals surface area contributed by atoms with E-state index in [0.29, 0.717) is 12.8 Å². The van der Waals surface area contributed by atoms with E-state index in [1.807, 2.05) is 9.44 Å². The molecule has 0 aromatic heterocycles. The van der Waals surface area contributed by atoms with Crippen LogP contribution in [-0.2, 0) is 15.0 Å². The van der Waals surface area contributed by atoms with E-state index in [2.05, 4.69) is 0 Å². The maximum Gasteiger partial charge on any atom is 0.451 e. The van der Waals surface area contributed by atoms with Crippen molar-refractivity contribution in [2.45, 2.75) is 31.1 Å². The van der Waals surface area contributed by atoms with E-state index in [1.165, 1.54) is 7.05 Å². The Bertz CT molecular complexity index is 390. The van der Waals surface area contributed by atoms with Gasteiger partial charge in [-0.1, -0.05) is 12.8 Å². The molecule has 0 aliphatic carbocycles. The zero-order valence-corrected chi connectivity index (χ0v) is 11.5. The summed E-state index contributed by atoms with van der Waals surface area (Å²) < 4.78 is 26.3. The van der Waals surface area contributed by atoms with Gasteiger partial charge >= 0.3 is 13.1 Å². The molecule has 0 rings (SSSR count). The predicted octanol–water partition coefficient (Wildman–Crippen LogP) is -2.53. The van der Waals surface area contributed by atoms with Crippen LogP contribution in [0.4, 0.5) is 0 Å². The second-order valence-corrected chi connectivity index (χ2v) is 5.92. The predicted molar refractivity (Wildman–Crippen MR) is 69.4 cm³/mol. The minimum Gasteiger partial charge on any atom is -0.480 e. The van der Waals surface area contributed by atoms with Crippen LogP contribution < -0.4 is 15.2 Å². The fourth-order valence-electron chi connectivity index (χ4n) is 1.33. The van der Waals surface area contributed by atoms with Crippen molar-refractivity contribution in [3.63, 3.8) is 0 Å². The van der Waals surface area contributed by atoms with E-state index in [0.717, 1.165) is 0 Å². The first-order chi connectivity index (χ1) is 8.63. The highest BCUT2D eigenvalue weighted by atomic mass is 32.2. The van der Waals surface area contributed by atoms with Gasteiger partial charge in [-0.05, 0) is 12.7 Å². The molecule has 0 saturated heterocycles. The molecule has 0 bridgehead atoms. The first-order valence-electron chi connectivity index (χ1n) is 5.69. The highest BCUT2D eigenvalue weighted by Crippen LogP contribution is 2.13. The zero-order valence-electron chi connectivity index (χ0n) is 10.7. The summed E-state index contributed by atoms with van der Waals surface area (Å²) in [5.41, 5.74) is 3.91. The molecule has 11 heteroatoms. The molecule has 0 amide bonds. The Morgan fingerprint density at radius 1 is 1.37 bits per heavy atom. The number of aliphatic carboxylic acids is 1. The number of rotatable bonds is 10.